The van der Waals surface area contributed by atoms with Gasteiger partial charge in [0.1, 0.15) is 12.3 Å². The molecule has 0 fully saturated rings. The SMILES string of the molecule is COCc1nnc(SCCC(=O)Nc2ccccc2[N+](=O)[O-])n1-c1ccccc1. The number of nitrogens with zero attached hydrogens (tertiary/aromatic N) is 4. The number of anilines is 1. The van der Waals surface area contributed by atoms with Gasteiger partial charge in [-0.15, -0.1) is 10.2 Å². The first-order valence-electron chi connectivity index (χ1n) is 8.75. The highest BCUT2D eigenvalue weighted by atomic mass is 32.2. The number of benzene rings is 2. The van der Waals surface area contributed by atoms with Crippen LogP contribution in [0.25, 0.3) is 5.69 Å². The minimum Gasteiger partial charge on any atom is -0.377 e. The number of nitro benzene ring substituents is 1. The average molecular weight is 413 g/mol. The minimum absolute atomic E-state index is 0.137. The lowest BCUT2D eigenvalue weighted by Crippen LogP contribution is -2.13. The van der Waals surface area contributed by atoms with Crippen LogP contribution < -0.4 is 5.32 Å². The molecule has 0 aliphatic rings. The summed E-state index contributed by atoms with van der Waals surface area (Å²) in [6.07, 6.45) is 0.165. The first-order valence-corrected chi connectivity index (χ1v) is 9.73. The molecule has 10 heteroatoms. The first kappa shape index (κ1) is 20.5. The lowest BCUT2D eigenvalue weighted by atomic mass is 10.2. The molecule has 29 heavy (non-hydrogen) atoms. The molecule has 0 spiro atoms. The Kier molecular flexibility index (Phi) is 6.93. The Morgan fingerprint density at radius 1 is 1.17 bits per heavy atom. The molecule has 1 amide bonds. The van der Waals surface area contributed by atoms with Crippen molar-refractivity contribution in [1.29, 1.82) is 0 Å². The van der Waals surface area contributed by atoms with E-state index in [4.69, 9.17) is 4.74 Å². The normalized spacial score (nSPS) is 10.7. The van der Waals surface area contributed by atoms with Gasteiger partial charge in [0.15, 0.2) is 11.0 Å². The predicted molar refractivity (Wildman–Crippen MR) is 109 cm³/mol. The Labute approximate surface area is 171 Å². The third kappa shape index (κ3) is 5.18. The molecule has 0 saturated carbocycles. The van der Waals surface area contributed by atoms with Crippen LogP contribution in [0.15, 0.2) is 59.8 Å². The zero-order valence-electron chi connectivity index (χ0n) is 15.6. The number of carbonyl (C=O) groups is 1. The second kappa shape index (κ2) is 9.80. The van der Waals surface area contributed by atoms with E-state index in [2.05, 4.69) is 15.5 Å². The van der Waals surface area contributed by atoms with Crippen LogP contribution in [0.5, 0.6) is 0 Å². The Morgan fingerprint density at radius 2 is 1.90 bits per heavy atom. The highest BCUT2D eigenvalue weighted by molar-refractivity contribution is 7.99. The summed E-state index contributed by atoms with van der Waals surface area (Å²) in [5.74, 6) is 0.782. The van der Waals surface area contributed by atoms with Crippen LogP contribution in [0.1, 0.15) is 12.2 Å². The molecule has 3 aromatic rings. The fourth-order valence-corrected chi connectivity index (χ4v) is 3.55. The molecule has 9 nitrogen and oxygen atoms in total. The predicted octanol–water partition coefficient (Wildman–Crippen LogP) is 3.44. The van der Waals surface area contributed by atoms with Crippen molar-refractivity contribution in [3.05, 3.63) is 70.5 Å². The van der Waals surface area contributed by atoms with Gasteiger partial charge in [-0.1, -0.05) is 42.1 Å². The van der Waals surface area contributed by atoms with Crippen LogP contribution >= 0.6 is 11.8 Å². The number of rotatable bonds is 9. The van der Waals surface area contributed by atoms with Crippen LogP contribution in [0.4, 0.5) is 11.4 Å². The molecule has 0 radical (unpaired) electrons. The van der Waals surface area contributed by atoms with Crippen LogP contribution in [0.3, 0.4) is 0 Å². The summed E-state index contributed by atoms with van der Waals surface area (Å²) < 4.78 is 7.07. The number of nitro groups is 1. The summed E-state index contributed by atoms with van der Waals surface area (Å²) in [5.41, 5.74) is 0.945. The monoisotopic (exact) mass is 413 g/mol. The number of carbonyl (C=O) groups excluding carboxylic acids is 1. The second-order valence-corrected chi connectivity index (χ2v) is 6.99. The highest BCUT2D eigenvalue weighted by Gasteiger charge is 2.17. The molecule has 1 N–H and O–H groups in total. The summed E-state index contributed by atoms with van der Waals surface area (Å²) in [6.45, 7) is 0.306. The number of hydrogen-bond acceptors (Lipinski definition) is 7. The van der Waals surface area contributed by atoms with Crippen molar-refractivity contribution < 1.29 is 14.5 Å². The van der Waals surface area contributed by atoms with Gasteiger partial charge in [-0.3, -0.25) is 19.5 Å². The van der Waals surface area contributed by atoms with Crippen LogP contribution in [-0.4, -0.2) is 38.5 Å². The molecular formula is C19H19N5O4S. The van der Waals surface area contributed by atoms with Gasteiger partial charge in [0.2, 0.25) is 5.91 Å². The number of para-hydroxylation sites is 3. The quantitative estimate of drug-likeness (QED) is 0.325. The molecule has 1 heterocycles. The smallest absolute Gasteiger partial charge is 0.292 e. The van der Waals surface area contributed by atoms with E-state index in [0.29, 0.717) is 23.3 Å². The molecule has 0 bridgehead atoms. The maximum Gasteiger partial charge on any atom is 0.292 e. The summed E-state index contributed by atoms with van der Waals surface area (Å²) in [7, 11) is 1.59. The number of methoxy groups -OCH3 is 1. The van der Waals surface area contributed by atoms with E-state index in [-0.39, 0.29) is 23.7 Å². The van der Waals surface area contributed by atoms with Crippen molar-refractivity contribution >= 4 is 29.0 Å². The number of nitrogens with one attached hydrogen (secondary N) is 1. The molecule has 0 saturated heterocycles. The van der Waals surface area contributed by atoms with Crippen molar-refractivity contribution in [2.45, 2.75) is 18.2 Å². The van der Waals surface area contributed by atoms with Crippen molar-refractivity contribution in [1.82, 2.24) is 14.8 Å². The van der Waals surface area contributed by atoms with E-state index >= 15 is 0 Å². The van der Waals surface area contributed by atoms with Gasteiger partial charge in [0, 0.05) is 31.0 Å². The summed E-state index contributed by atoms with van der Waals surface area (Å²) in [4.78, 5) is 22.8. The fraction of sp³-hybridized carbons (Fsp3) is 0.211. The molecule has 1 aromatic heterocycles. The Hall–Kier alpha value is -3.24. The van der Waals surface area contributed by atoms with Crippen molar-refractivity contribution in [2.75, 3.05) is 18.2 Å². The van der Waals surface area contributed by atoms with Gasteiger partial charge in [-0.25, -0.2) is 0 Å². The lowest BCUT2D eigenvalue weighted by Gasteiger charge is -2.10. The van der Waals surface area contributed by atoms with Crippen molar-refractivity contribution in [3.8, 4) is 5.69 Å². The van der Waals surface area contributed by atoms with E-state index in [1.165, 1.54) is 23.9 Å². The van der Waals surface area contributed by atoms with Gasteiger partial charge in [0.25, 0.3) is 5.69 Å². The van der Waals surface area contributed by atoms with E-state index in [9.17, 15) is 14.9 Å². The molecule has 0 aliphatic carbocycles. The maximum atomic E-state index is 12.2. The first-order chi connectivity index (χ1) is 14.1. The topological polar surface area (TPSA) is 112 Å². The summed E-state index contributed by atoms with van der Waals surface area (Å²) >= 11 is 1.38. The maximum absolute atomic E-state index is 12.2. The molecule has 3 rings (SSSR count). The second-order valence-electron chi connectivity index (χ2n) is 5.92. The molecule has 0 atom stereocenters. The average Bonchev–Trinajstić information content (AvgIpc) is 3.11. The molecule has 0 aliphatic heterocycles. The Morgan fingerprint density at radius 3 is 2.62 bits per heavy atom. The standard InChI is InChI=1S/C19H19N5O4S/c1-28-13-17-21-22-19(23(17)14-7-3-2-4-8-14)29-12-11-18(25)20-15-9-5-6-10-16(15)24(26)27/h2-10H,11-13H2,1H3,(H,20,25). The third-order valence-electron chi connectivity index (χ3n) is 3.92. The Balaban J connectivity index is 1.65. The molecule has 0 unspecified atom stereocenters. The number of ether oxygens (including phenoxy) is 1. The van der Waals surface area contributed by atoms with Crippen LogP contribution in [0.2, 0.25) is 0 Å². The third-order valence-corrected chi connectivity index (χ3v) is 4.85. The van der Waals surface area contributed by atoms with E-state index < -0.39 is 4.92 Å². The van der Waals surface area contributed by atoms with Crippen LogP contribution in [-0.2, 0) is 16.1 Å². The van der Waals surface area contributed by atoms with E-state index in [1.54, 1.807) is 19.2 Å². The number of amides is 1. The Bertz CT molecular complexity index is 993. The van der Waals surface area contributed by atoms with E-state index in [0.717, 1.165) is 5.69 Å². The molecule has 2 aromatic carbocycles. The van der Waals surface area contributed by atoms with Gasteiger partial charge in [0.05, 0.1) is 4.92 Å². The number of aromatic nitrogens is 3. The lowest BCUT2D eigenvalue weighted by molar-refractivity contribution is -0.383. The minimum atomic E-state index is -0.524. The van der Waals surface area contributed by atoms with Gasteiger partial charge < -0.3 is 10.1 Å². The fourth-order valence-electron chi connectivity index (χ4n) is 2.64. The number of hydrogen-bond donors (Lipinski definition) is 1. The largest absolute Gasteiger partial charge is 0.377 e. The molecular weight excluding hydrogens is 394 g/mol. The van der Waals surface area contributed by atoms with E-state index in [1.807, 2.05) is 34.9 Å². The number of thioether (sulfide) groups is 1. The van der Waals surface area contributed by atoms with Crippen molar-refractivity contribution in [2.24, 2.45) is 0 Å². The zero-order valence-corrected chi connectivity index (χ0v) is 16.5. The van der Waals surface area contributed by atoms with Gasteiger partial charge >= 0.3 is 0 Å². The molecule has 150 valence electrons. The summed E-state index contributed by atoms with van der Waals surface area (Å²) in [6, 6.07) is 15.7. The van der Waals surface area contributed by atoms with Gasteiger partial charge in [-0.05, 0) is 18.2 Å². The summed E-state index contributed by atoms with van der Waals surface area (Å²) in [5, 5.41) is 22.7. The van der Waals surface area contributed by atoms with Gasteiger partial charge in [-0.2, -0.15) is 0 Å². The highest BCUT2D eigenvalue weighted by Crippen LogP contribution is 2.25. The van der Waals surface area contributed by atoms with Crippen LogP contribution in [0, 0.1) is 10.1 Å². The zero-order chi connectivity index (χ0) is 20.6. The van der Waals surface area contributed by atoms with Crippen molar-refractivity contribution in [3.63, 3.8) is 0 Å².